The number of unbranched alkanes of at least 4 members (excludes halogenated alkanes) is 2. The lowest BCUT2D eigenvalue weighted by Crippen LogP contribution is -2.50. The number of nitrogens with zero attached hydrogens (tertiary/aromatic N) is 2. The molecular formula is C29H42ClN3O2. The van der Waals surface area contributed by atoms with Gasteiger partial charge in [-0.15, -0.1) is 0 Å². The molecule has 1 N–H and O–H groups in total. The van der Waals surface area contributed by atoms with Crippen LogP contribution in [0.2, 0.25) is 5.02 Å². The molecule has 1 aliphatic heterocycles. The molecular weight excluding hydrogens is 458 g/mol. The first-order chi connectivity index (χ1) is 16.9. The average Bonchev–Trinajstić information content (AvgIpc) is 2.83. The van der Waals surface area contributed by atoms with Crippen molar-refractivity contribution in [3.05, 3.63) is 64.7 Å². The number of halogens is 1. The lowest BCUT2D eigenvalue weighted by atomic mass is 9.94. The maximum absolute atomic E-state index is 11.9. The van der Waals surface area contributed by atoms with E-state index in [1.165, 1.54) is 24.0 Å². The summed E-state index contributed by atoms with van der Waals surface area (Å²) in [5, 5.41) is 3.76. The van der Waals surface area contributed by atoms with Gasteiger partial charge >= 0.3 is 0 Å². The molecule has 1 heterocycles. The molecule has 1 atom stereocenters. The third kappa shape index (κ3) is 10.2. The van der Waals surface area contributed by atoms with Gasteiger partial charge in [-0.25, -0.2) is 0 Å². The van der Waals surface area contributed by atoms with Crippen LogP contribution in [0.5, 0.6) is 5.75 Å². The summed E-state index contributed by atoms with van der Waals surface area (Å²) < 4.78 is 5.96. The lowest BCUT2D eigenvalue weighted by molar-refractivity contribution is -0.123. The molecule has 3 rings (SSSR count). The summed E-state index contributed by atoms with van der Waals surface area (Å²) in [4.78, 5) is 16.7. The number of amides is 1. The van der Waals surface area contributed by atoms with Gasteiger partial charge in [0.15, 0.2) is 0 Å². The minimum absolute atomic E-state index is 0.135. The number of piperazine rings is 1. The average molecular weight is 500 g/mol. The van der Waals surface area contributed by atoms with Crippen molar-refractivity contribution in [1.82, 2.24) is 15.1 Å². The van der Waals surface area contributed by atoms with Gasteiger partial charge in [0.2, 0.25) is 5.91 Å². The Balaban J connectivity index is 1.24. The van der Waals surface area contributed by atoms with Crippen molar-refractivity contribution in [1.29, 1.82) is 0 Å². The van der Waals surface area contributed by atoms with Crippen molar-refractivity contribution >= 4 is 17.5 Å². The van der Waals surface area contributed by atoms with E-state index in [0.29, 0.717) is 12.5 Å². The van der Waals surface area contributed by atoms with Gasteiger partial charge in [-0.1, -0.05) is 42.8 Å². The Morgan fingerprint density at radius 1 is 0.914 bits per heavy atom. The van der Waals surface area contributed by atoms with Crippen LogP contribution in [0.3, 0.4) is 0 Å². The van der Waals surface area contributed by atoms with Crippen LogP contribution < -0.4 is 10.1 Å². The van der Waals surface area contributed by atoms with Gasteiger partial charge < -0.3 is 15.0 Å². The van der Waals surface area contributed by atoms with Crippen LogP contribution in [0.4, 0.5) is 0 Å². The van der Waals surface area contributed by atoms with E-state index in [4.69, 9.17) is 16.3 Å². The van der Waals surface area contributed by atoms with Crippen molar-refractivity contribution in [2.75, 3.05) is 45.9 Å². The third-order valence-electron chi connectivity index (χ3n) is 6.57. The molecule has 2 aromatic rings. The van der Waals surface area contributed by atoms with E-state index in [1.54, 1.807) is 0 Å². The SMILES string of the molecule is CC(C)NC(=O)CN1CCN(CCCCCOc2ccc(CC(C)c3ccc(Cl)cc3)cc2)CC1. The number of benzene rings is 2. The van der Waals surface area contributed by atoms with Crippen LogP contribution in [-0.2, 0) is 11.2 Å². The first-order valence-corrected chi connectivity index (χ1v) is 13.5. The Bertz CT molecular complexity index is 878. The lowest BCUT2D eigenvalue weighted by Gasteiger charge is -2.34. The summed E-state index contributed by atoms with van der Waals surface area (Å²) in [5.41, 5.74) is 2.63. The molecule has 35 heavy (non-hydrogen) atoms. The van der Waals surface area contributed by atoms with E-state index >= 15 is 0 Å². The highest BCUT2D eigenvalue weighted by atomic mass is 35.5. The maximum atomic E-state index is 11.9. The van der Waals surface area contributed by atoms with E-state index in [0.717, 1.165) is 62.9 Å². The van der Waals surface area contributed by atoms with Gasteiger partial charge in [0, 0.05) is 37.2 Å². The second kappa shape index (κ2) is 14.5. The summed E-state index contributed by atoms with van der Waals surface area (Å²) in [7, 11) is 0. The maximum Gasteiger partial charge on any atom is 0.234 e. The minimum Gasteiger partial charge on any atom is -0.494 e. The zero-order valence-electron chi connectivity index (χ0n) is 21.6. The molecule has 0 saturated carbocycles. The van der Waals surface area contributed by atoms with Crippen molar-refractivity contribution in [3.63, 3.8) is 0 Å². The summed E-state index contributed by atoms with van der Waals surface area (Å²) in [6.45, 7) is 12.7. The Hall–Kier alpha value is -2.08. The van der Waals surface area contributed by atoms with Gasteiger partial charge in [0.25, 0.3) is 0 Å². The molecule has 1 unspecified atom stereocenters. The molecule has 192 valence electrons. The zero-order chi connectivity index (χ0) is 25.0. The van der Waals surface area contributed by atoms with E-state index < -0.39 is 0 Å². The normalized spacial score (nSPS) is 15.8. The highest BCUT2D eigenvalue weighted by Crippen LogP contribution is 2.23. The van der Waals surface area contributed by atoms with Crippen LogP contribution in [0, 0.1) is 0 Å². The number of hydrogen-bond acceptors (Lipinski definition) is 4. The van der Waals surface area contributed by atoms with Crippen molar-refractivity contribution in [3.8, 4) is 5.75 Å². The highest BCUT2D eigenvalue weighted by Gasteiger charge is 2.18. The number of nitrogens with one attached hydrogen (secondary N) is 1. The predicted molar refractivity (Wildman–Crippen MR) is 146 cm³/mol. The smallest absolute Gasteiger partial charge is 0.234 e. The van der Waals surface area contributed by atoms with Crippen LogP contribution in [0.1, 0.15) is 57.1 Å². The Kier molecular flexibility index (Phi) is 11.4. The standard InChI is InChI=1S/C29H42ClN3O2/c1-23(2)31-29(34)22-33-18-16-32(17-19-33)15-5-4-6-20-35-28-13-7-25(8-14-28)21-24(3)26-9-11-27(30)12-10-26/h7-14,23-24H,4-6,15-22H2,1-3H3,(H,31,34). The first-order valence-electron chi connectivity index (χ1n) is 13.1. The van der Waals surface area contributed by atoms with Gasteiger partial charge in [-0.2, -0.15) is 0 Å². The predicted octanol–water partition coefficient (Wildman–Crippen LogP) is 5.38. The number of ether oxygens (including phenoxy) is 1. The van der Waals surface area contributed by atoms with E-state index in [9.17, 15) is 4.79 Å². The largest absolute Gasteiger partial charge is 0.494 e. The summed E-state index contributed by atoms with van der Waals surface area (Å²) in [6.07, 6.45) is 4.44. The number of carbonyl (C=O) groups is 1. The molecule has 1 amide bonds. The molecule has 0 radical (unpaired) electrons. The number of carbonyl (C=O) groups excluding carboxylic acids is 1. The number of rotatable bonds is 13. The van der Waals surface area contributed by atoms with Crippen molar-refractivity contribution < 1.29 is 9.53 Å². The van der Waals surface area contributed by atoms with Crippen LogP contribution >= 0.6 is 11.6 Å². The topological polar surface area (TPSA) is 44.8 Å². The Morgan fingerprint density at radius 3 is 2.23 bits per heavy atom. The van der Waals surface area contributed by atoms with E-state index in [-0.39, 0.29) is 11.9 Å². The molecule has 0 aromatic heterocycles. The molecule has 2 aromatic carbocycles. The van der Waals surface area contributed by atoms with Crippen LogP contribution in [-0.4, -0.2) is 67.6 Å². The van der Waals surface area contributed by atoms with Crippen molar-refractivity contribution in [2.24, 2.45) is 0 Å². The molecule has 5 nitrogen and oxygen atoms in total. The van der Waals surface area contributed by atoms with Crippen LogP contribution in [0.25, 0.3) is 0 Å². The van der Waals surface area contributed by atoms with Crippen LogP contribution in [0.15, 0.2) is 48.5 Å². The fourth-order valence-electron chi connectivity index (χ4n) is 4.53. The van der Waals surface area contributed by atoms with Gasteiger partial charge in [0.05, 0.1) is 13.2 Å². The Morgan fingerprint density at radius 2 is 1.57 bits per heavy atom. The van der Waals surface area contributed by atoms with E-state index in [2.05, 4.69) is 58.4 Å². The molecule has 6 heteroatoms. The summed E-state index contributed by atoms with van der Waals surface area (Å²) >= 11 is 6.00. The second-order valence-corrected chi connectivity index (χ2v) is 10.5. The zero-order valence-corrected chi connectivity index (χ0v) is 22.4. The highest BCUT2D eigenvalue weighted by molar-refractivity contribution is 6.30. The first kappa shape index (κ1) is 27.5. The summed E-state index contributed by atoms with van der Waals surface area (Å²) in [6, 6.07) is 16.9. The van der Waals surface area contributed by atoms with Gasteiger partial charge in [0.1, 0.15) is 5.75 Å². The third-order valence-corrected chi connectivity index (χ3v) is 6.83. The Labute approximate surface area is 216 Å². The number of hydrogen-bond donors (Lipinski definition) is 1. The van der Waals surface area contributed by atoms with Gasteiger partial charge in [-0.05, 0) is 87.4 Å². The molecule has 1 aliphatic rings. The fourth-order valence-corrected chi connectivity index (χ4v) is 4.66. The molecule has 0 aliphatic carbocycles. The molecule has 0 spiro atoms. The molecule has 0 bridgehead atoms. The summed E-state index contributed by atoms with van der Waals surface area (Å²) in [5.74, 6) is 1.53. The van der Waals surface area contributed by atoms with Crippen molar-refractivity contribution in [2.45, 2.75) is 58.4 Å². The fraction of sp³-hybridized carbons (Fsp3) is 0.552. The van der Waals surface area contributed by atoms with E-state index in [1.807, 2.05) is 26.0 Å². The molecule has 1 saturated heterocycles. The van der Waals surface area contributed by atoms with Gasteiger partial charge in [-0.3, -0.25) is 9.69 Å². The quantitative estimate of drug-likeness (QED) is 0.376. The monoisotopic (exact) mass is 499 g/mol. The molecule has 1 fully saturated rings. The second-order valence-electron chi connectivity index (χ2n) is 10.0. The minimum atomic E-state index is 0.135.